The van der Waals surface area contributed by atoms with Gasteiger partial charge in [0.1, 0.15) is 5.75 Å². The first-order valence-electron chi connectivity index (χ1n) is 10.1. The Labute approximate surface area is 176 Å². The molecule has 30 heavy (non-hydrogen) atoms. The van der Waals surface area contributed by atoms with E-state index in [9.17, 15) is 9.59 Å². The van der Waals surface area contributed by atoms with E-state index in [2.05, 4.69) is 29.4 Å². The minimum Gasteiger partial charge on any atom is -0.497 e. The molecular formula is C24H25N3O3. The van der Waals surface area contributed by atoms with Crippen LogP contribution >= 0.6 is 0 Å². The van der Waals surface area contributed by atoms with Crippen LogP contribution in [-0.4, -0.2) is 36.9 Å². The highest BCUT2D eigenvalue weighted by Gasteiger charge is 2.40. The quantitative estimate of drug-likeness (QED) is 0.746. The van der Waals surface area contributed by atoms with Crippen LogP contribution in [0.5, 0.6) is 5.75 Å². The molecule has 0 radical (unpaired) electrons. The molecule has 0 saturated carbocycles. The molecule has 0 unspecified atom stereocenters. The van der Waals surface area contributed by atoms with Crippen molar-refractivity contribution in [1.29, 1.82) is 0 Å². The fraction of sp³-hybridized carbons (Fsp3) is 0.250. The third-order valence-corrected chi connectivity index (χ3v) is 5.60. The van der Waals surface area contributed by atoms with Crippen molar-refractivity contribution in [3.05, 3.63) is 76.4 Å². The van der Waals surface area contributed by atoms with Crippen LogP contribution in [0.1, 0.15) is 30.5 Å². The highest BCUT2D eigenvalue weighted by molar-refractivity contribution is 6.30. The number of methoxy groups -OCH3 is 1. The molecule has 2 N–H and O–H groups in total. The smallest absolute Gasteiger partial charge is 0.258 e. The summed E-state index contributed by atoms with van der Waals surface area (Å²) in [5.41, 5.74) is 4.68. The van der Waals surface area contributed by atoms with Crippen LogP contribution < -0.4 is 15.4 Å². The van der Waals surface area contributed by atoms with E-state index >= 15 is 0 Å². The average molecular weight is 403 g/mol. The number of fused-ring (bicyclic) bond motifs is 1. The van der Waals surface area contributed by atoms with Gasteiger partial charge in [-0.15, -0.1) is 0 Å². The highest BCUT2D eigenvalue weighted by atomic mass is 16.5. The second-order valence-electron chi connectivity index (χ2n) is 7.30. The first-order chi connectivity index (χ1) is 14.5. The zero-order chi connectivity index (χ0) is 21.3. The molecule has 0 aromatic heterocycles. The Bertz CT molecular complexity index is 1050. The molecule has 4 rings (SSSR count). The van der Waals surface area contributed by atoms with E-state index < -0.39 is 0 Å². The number of rotatable bonds is 7. The normalized spacial score (nSPS) is 15.6. The number of carbonyl (C=O) groups excluding carboxylic acids is 2. The lowest BCUT2D eigenvalue weighted by molar-refractivity contribution is -0.117. The van der Waals surface area contributed by atoms with Gasteiger partial charge < -0.3 is 15.4 Å². The van der Waals surface area contributed by atoms with E-state index in [-0.39, 0.29) is 11.8 Å². The zero-order valence-corrected chi connectivity index (χ0v) is 17.4. The van der Waals surface area contributed by atoms with Gasteiger partial charge in [0.2, 0.25) is 0 Å². The summed E-state index contributed by atoms with van der Waals surface area (Å²) >= 11 is 0. The Morgan fingerprint density at radius 2 is 1.23 bits per heavy atom. The Kier molecular flexibility index (Phi) is 5.42. The standard InChI is InChI=1S/C24H25N3O3/c1-4-27(5-2)14-15-6-8-16(9-7-15)21-19-20(24(29)25-21)22(26-23(19)28)17-10-12-18(30-3)13-11-17/h6-13H,4-5,14H2,1-3H3,(H,25,29)(H,26,28). The molecule has 6 heteroatoms. The molecule has 2 amide bonds. The topological polar surface area (TPSA) is 70.7 Å². The molecule has 154 valence electrons. The van der Waals surface area contributed by atoms with E-state index in [0.717, 1.165) is 30.8 Å². The summed E-state index contributed by atoms with van der Waals surface area (Å²) in [7, 11) is 1.60. The number of ether oxygens (including phenoxy) is 1. The van der Waals surface area contributed by atoms with Crippen LogP contribution in [-0.2, 0) is 16.1 Å². The molecule has 0 fully saturated rings. The first kappa shape index (κ1) is 19.9. The number of hydrogen-bond donors (Lipinski definition) is 2. The molecule has 0 bridgehead atoms. The van der Waals surface area contributed by atoms with E-state index in [0.29, 0.717) is 28.3 Å². The van der Waals surface area contributed by atoms with Crippen molar-refractivity contribution in [1.82, 2.24) is 15.5 Å². The van der Waals surface area contributed by atoms with Crippen molar-refractivity contribution < 1.29 is 14.3 Å². The van der Waals surface area contributed by atoms with Gasteiger partial charge in [0, 0.05) is 6.54 Å². The van der Waals surface area contributed by atoms with Crippen LogP contribution in [0.2, 0.25) is 0 Å². The Morgan fingerprint density at radius 3 is 1.67 bits per heavy atom. The maximum Gasteiger partial charge on any atom is 0.258 e. The maximum atomic E-state index is 12.7. The van der Waals surface area contributed by atoms with E-state index in [1.165, 1.54) is 5.56 Å². The number of carbonyl (C=O) groups is 2. The van der Waals surface area contributed by atoms with Gasteiger partial charge in [-0.1, -0.05) is 38.1 Å². The van der Waals surface area contributed by atoms with Gasteiger partial charge in [0.25, 0.3) is 11.8 Å². The van der Waals surface area contributed by atoms with Gasteiger partial charge in [-0.05, 0) is 54.0 Å². The van der Waals surface area contributed by atoms with Crippen molar-refractivity contribution in [3.63, 3.8) is 0 Å². The molecule has 0 saturated heterocycles. The second kappa shape index (κ2) is 8.16. The van der Waals surface area contributed by atoms with Gasteiger partial charge in [-0.3, -0.25) is 14.5 Å². The molecule has 2 aromatic rings. The summed E-state index contributed by atoms with van der Waals surface area (Å²) in [6.07, 6.45) is 0. The summed E-state index contributed by atoms with van der Waals surface area (Å²) < 4.78 is 5.19. The predicted octanol–water partition coefficient (Wildman–Crippen LogP) is 2.92. The third-order valence-electron chi connectivity index (χ3n) is 5.60. The fourth-order valence-electron chi connectivity index (χ4n) is 3.85. The SMILES string of the molecule is CCN(CC)Cc1ccc(C2=C3C(=O)NC(c4ccc(OC)cc4)=C3C(=O)N2)cc1. The summed E-state index contributed by atoms with van der Waals surface area (Å²) in [5, 5.41) is 5.76. The van der Waals surface area contributed by atoms with Gasteiger partial charge in [0.15, 0.2) is 0 Å². The summed E-state index contributed by atoms with van der Waals surface area (Å²) in [6.45, 7) is 7.15. The highest BCUT2D eigenvalue weighted by Crippen LogP contribution is 2.37. The van der Waals surface area contributed by atoms with E-state index in [4.69, 9.17) is 4.74 Å². The van der Waals surface area contributed by atoms with Crippen molar-refractivity contribution in [2.24, 2.45) is 0 Å². The van der Waals surface area contributed by atoms with Crippen molar-refractivity contribution in [2.75, 3.05) is 20.2 Å². The summed E-state index contributed by atoms with van der Waals surface area (Å²) in [5.74, 6) is 0.179. The van der Waals surface area contributed by atoms with Crippen LogP contribution in [0.15, 0.2) is 59.7 Å². The Balaban J connectivity index is 1.68. The molecule has 2 heterocycles. The lowest BCUT2D eigenvalue weighted by atomic mass is 10.0. The van der Waals surface area contributed by atoms with E-state index in [1.807, 2.05) is 36.4 Å². The van der Waals surface area contributed by atoms with Gasteiger partial charge >= 0.3 is 0 Å². The van der Waals surface area contributed by atoms with Crippen molar-refractivity contribution >= 4 is 23.2 Å². The lowest BCUT2D eigenvalue weighted by Crippen LogP contribution is -2.22. The number of nitrogens with one attached hydrogen (secondary N) is 2. The molecule has 2 aliphatic heterocycles. The monoisotopic (exact) mass is 403 g/mol. The van der Waals surface area contributed by atoms with Gasteiger partial charge in [0.05, 0.1) is 29.7 Å². The fourth-order valence-corrected chi connectivity index (χ4v) is 3.85. The molecule has 6 nitrogen and oxygen atoms in total. The molecule has 2 aromatic carbocycles. The minimum atomic E-state index is -0.267. The molecular weight excluding hydrogens is 378 g/mol. The Hall–Kier alpha value is -3.38. The van der Waals surface area contributed by atoms with Crippen LogP contribution in [0.3, 0.4) is 0 Å². The van der Waals surface area contributed by atoms with Crippen LogP contribution in [0.4, 0.5) is 0 Å². The Morgan fingerprint density at radius 1 is 0.767 bits per heavy atom. The van der Waals surface area contributed by atoms with Crippen LogP contribution in [0, 0.1) is 0 Å². The number of hydrogen-bond acceptors (Lipinski definition) is 4. The lowest BCUT2D eigenvalue weighted by Gasteiger charge is -2.18. The largest absolute Gasteiger partial charge is 0.497 e. The number of benzene rings is 2. The third kappa shape index (κ3) is 3.50. The minimum absolute atomic E-state index is 0.267. The van der Waals surface area contributed by atoms with Crippen LogP contribution in [0.25, 0.3) is 11.4 Å². The summed E-state index contributed by atoms with van der Waals surface area (Å²) in [6, 6.07) is 15.3. The second-order valence-corrected chi connectivity index (χ2v) is 7.30. The summed E-state index contributed by atoms with van der Waals surface area (Å²) in [4.78, 5) is 27.8. The molecule has 2 aliphatic rings. The molecule has 0 spiro atoms. The van der Waals surface area contributed by atoms with Gasteiger partial charge in [-0.2, -0.15) is 0 Å². The van der Waals surface area contributed by atoms with Crippen molar-refractivity contribution in [3.8, 4) is 5.75 Å². The zero-order valence-electron chi connectivity index (χ0n) is 17.4. The predicted molar refractivity (Wildman–Crippen MR) is 116 cm³/mol. The van der Waals surface area contributed by atoms with E-state index in [1.54, 1.807) is 19.2 Å². The molecule has 0 aliphatic carbocycles. The van der Waals surface area contributed by atoms with Gasteiger partial charge in [-0.25, -0.2) is 0 Å². The first-order valence-corrected chi connectivity index (χ1v) is 10.1. The average Bonchev–Trinajstić information content (AvgIpc) is 3.31. The molecule has 0 atom stereocenters. The van der Waals surface area contributed by atoms with Crippen molar-refractivity contribution in [2.45, 2.75) is 20.4 Å². The number of nitrogens with zero attached hydrogens (tertiary/aromatic N) is 1. The maximum absolute atomic E-state index is 12.7. The number of amides is 2.